The summed E-state index contributed by atoms with van der Waals surface area (Å²) in [6.45, 7) is 5.87. The number of aliphatic hydroxyl groups excluding tert-OH is 1. The Labute approximate surface area is 220 Å². The van der Waals surface area contributed by atoms with Gasteiger partial charge >= 0.3 is 6.18 Å². The number of carbonyl (C=O) groups excluding carboxylic acids is 1. The van der Waals surface area contributed by atoms with Crippen molar-refractivity contribution in [3.63, 3.8) is 0 Å². The number of carbonyl (C=O) groups is 1. The number of primary amides is 1. The van der Waals surface area contributed by atoms with Crippen molar-refractivity contribution in [2.45, 2.75) is 58.8 Å². The zero-order valence-electron chi connectivity index (χ0n) is 22.0. The zero-order valence-corrected chi connectivity index (χ0v) is 22.0. The summed E-state index contributed by atoms with van der Waals surface area (Å²) < 4.78 is 50.5. The van der Waals surface area contributed by atoms with Gasteiger partial charge in [0.05, 0.1) is 11.1 Å². The number of hydrogen-bond acceptors (Lipinski definition) is 5. The number of benzene rings is 2. The third-order valence-corrected chi connectivity index (χ3v) is 6.27. The van der Waals surface area contributed by atoms with E-state index in [1.165, 1.54) is 6.07 Å². The predicted molar refractivity (Wildman–Crippen MR) is 141 cm³/mol. The summed E-state index contributed by atoms with van der Waals surface area (Å²) in [7, 11) is 0. The fraction of sp³-hybridized carbons (Fsp3) is 0.464. The summed E-state index contributed by atoms with van der Waals surface area (Å²) in [5.74, 6) is -0.172. The lowest BCUT2D eigenvalue weighted by Gasteiger charge is -2.17. The van der Waals surface area contributed by atoms with Gasteiger partial charge in [-0.1, -0.05) is 13.0 Å². The molecule has 7 nitrogen and oxygen atoms in total. The van der Waals surface area contributed by atoms with Crippen LogP contribution in [0.4, 0.5) is 13.2 Å². The van der Waals surface area contributed by atoms with Crippen molar-refractivity contribution in [2.24, 2.45) is 5.73 Å². The summed E-state index contributed by atoms with van der Waals surface area (Å²) in [5, 5.41) is 13.5. The average Bonchev–Trinajstić information content (AvgIpc) is 3.17. The fourth-order valence-corrected chi connectivity index (χ4v) is 4.49. The third-order valence-electron chi connectivity index (χ3n) is 6.27. The Kier molecular flexibility index (Phi) is 10.0. The third kappa shape index (κ3) is 7.88. The Balaban J connectivity index is 1.63. The molecule has 0 bridgehead atoms. The van der Waals surface area contributed by atoms with Gasteiger partial charge in [-0.05, 0) is 74.6 Å². The largest absolute Gasteiger partial charge is 0.488 e. The molecule has 3 aromatic rings. The molecule has 3 rings (SSSR count). The molecule has 0 radical (unpaired) electrons. The molecule has 0 spiro atoms. The maximum atomic E-state index is 12.6. The highest BCUT2D eigenvalue weighted by molar-refractivity contribution is 6.05. The lowest BCUT2D eigenvalue weighted by molar-refractivity contribution is -0.153. The van der Waals surface area contributed by atoms with Gasteiger partial charge in [0, 0.05) is 36.8 Å². The second kappa shape index (κ2) is 13.0. The topological polar surface area (TPSA) is 98.7 Å². The number of halogens is 3. The number of alkyl halides is 3. The van der Waals surface area contributed by atoms with Gasteiger partial charge < -0.3 is 30.2 Å². The van der Waals surface area contributed by atoms with Gasteiger partial charge in [-0.2, -0.15) is 13.2 Å². The van der Waals surface area contributed by atoms with Gasteiger partial charge in [-0.15, -0.1) is 0 Å². The number of rotatable bonds is 14. The molecule has 4 N–H and O–H groups in total. The molecule has 0 fully saturated rings. The van der Waals surface area contributed by atoms with E-state index >= 15 is 0 Å². The van der Waals surface area contributed by atoms with E-state index in [2.05, 4.69) is 5.32 Å². The maximum absolute atomic E-state index is 12.6. The first-order chi connectivity index (χ1) is 18.0. The standard InChI is InChI=1S/C28H36F3N3O4/c1-4-20-6-7-24(38-17-28(29,30)31)25(16-20)37-11-8-33-18(2)12-21-14-22-13-19(3)34(9-5-10-35)26(22)23(15-21)27(32)36/h6-7,13-16,18,33,35H,4-5,8-12,17H2,1-3H3,(H2,32,36). The Bertz CT molecular complexity index is 1240. The number of hydrogen-bond donors (Lipinski definition) is 3. The van der Waals surface area contributed by atoms with Crippen molar-refractivity contribution in [1.29, 1.82) is 0 Å². The molecule has 0 saturated carbocycles. The molecule has 0 aliphatic rings. The van der Waals surface area contributed by atoms with Crippen molar-refractivity contribution < 1.29 is 32.5 Å². The molecule has 1 unspecified atom stereocenters. The minimum Gasteiger partial charge on any atom is -0.488 e. The minimum atomic E-state index is -4.43. The van der Waals surface area contributed by atoms with Gasteiger partial charge in [-0.25, -0.2) is 0 Å². The van der Waals surface area contributed by atoms with Crippen LogP contribution in [0.1, 0.15) is 47.4 Å². The summed E-state index contributed by atoms with van der Waals surface area (Å²) >= 11 is 0. The molecule has 38 heavy (non-hydrogen) atoms. The molecule has 1 atom stereocenters. The minimum absolute atomic E-state index is 0.0253. The van der Waals surface area contributed by atoms with Crippen LogP contribution in [-0.4, -0.2) is 54.2 Å². The molecular weight excluding hydrogens is 499 g/mol. The first-order valence-electron chi connectivity index (χ1n) is 12.7. The van der Waals surface area contributed by atoms with Crippen LogP contribution in [0.15, 0.2) is 36.4 Å². The maximum Gasteiger partial charge on any atom is 0.422 e. The smallest absolute Gasteiger partial charge is 0.422 e. The van der Waals surface area contributed by atoms with E-state index in [1.807, 2.05) is 43.5 Å². The SMILES string of the molecule is CCc1ccc(OCC(F)(F)F)c(OCCNC(C)Cc2cc(C(N)=O)c3c(c2)cc(C)n3CCCO)c1. The fourth-order valence-electron chi connectivity index (χ4n) is 4.49. The van der Waals surface area contributed by atoms with Crippen LogP contribution in [0.25, 0.3) is 10.9 Å². The Morgan fingerprint density at radius 1 is 1.13 bits per heavy atom. The number of ether oxygens (including phenoxy) is 2. The first-order valence-corrected chi connectivity index (χ1v) is 12.7. The lowest BCUT2D eigenvalue weighted by Crippen LogP contribution is -2.32. The molecule has 10 heteroatoms. The molecule has 0 aliphatic carbocycles. The van der Waals surface area contributed by atoms with Gasteiger partial charge in [-0.3, -0.25) is 4.79 Å². The van der Waals surface area contributed by atoms with Crippen LogP contribution in [-0.2, 0) is 19.4 Å². The normalized spacial score (nSPS) is 12.6. The van der Waals surface area contributed by atoms with Crippen LogP contribution in [0, 0.1) is 6.92 Å². The van der Waals surface area contributed by atoms with Crippen LogP contribution in [0.2, 0.25) is 0 Å². The number of aryl methyl sites for hydroxylation is 3. The van der Waals surface area contributed by atoms with E-state index < -0.39 is 18.7 Å². The van der Waals surface area contributed by atoms with Crippen LogP contribution >= 0.6 is 0 Å². The number of nitrogens with zero attached hydrogens (tertiary/aromatic N) is 1. The van der Waals surface area contributed by atoms with Gasteiger partial charge in [0.2, 0.25) is 0 Å². The molecule has 1 aromatic heterocycles. The van der Waals surface area contributed by atoms with Gasteiger partial charge in [0.15, 0.2) is 18.1 Å². The lowest BCUT2D eigenvalue weighted by atomic mass is 10.0. The summed E-state index contributed by atoms with van der Waals surface area (Å²) in [6, 6.07) is 10.8. The number of aliphatic hydroxyl groups is 1. The Morgan fingerprint density at radius 2 is 1.89 bits per heavy atom. The van der Waals surface area contributed by atoms with E-state index in [1.54, 1.807) is 12.1 Å². The van der Waals surface area contributed by atoms with E-state index in [4.69, 9.17) is 15.2 Å². The Hall–Kier alpha value is -3.24. The second-order valence-electron chi connectivity index (χ2n) is 9.41. The van der Waals surface area contributed by atoms with Crippen molar-refractivity contribution in [3.05, 3.63) is 58.8 Å². The molecule has 1 heterocycles. The molecule has 208 valence electrons. The number of fused-ring (bicyclic) bond motifs is 1. The zero-order chi connectivity index (χ0) is 27.9. The molecule has 2 aromatic carbocycles. The average molecular weight is 536 g/mol. The van der Waals surface area contributed by atoms with Crippen LogP contribution < -0.4 is 20.5 Å². The first kappa shape index (κ1) is 29.3. The second-order valence-corrected chi connectivity index (χ2v) is 9.41. The van der Waals surface area contributed by atoms with E-state index in [9.17, 15) is 23.1 Å². The number of nitrogens with one attached hydrogen (secondary N) is 1. The summed E-state index contributed by atoms with van der Waals surface area (Å²) in [6.07, 6.45) is -2.52. The monoisotopic (exact) mass is 535 g/mol. The van der Waals surface area contributed by atoms with Crippen molar-refractivity contribution in [1.82, 2.24) is 9.88 Å². The number of nitrogens with two attached hydrogens (primary N) is 1. The van der Waals surface area contributed by atoms with Gasteiger partial charge in [0.25, 0.3) is 5.91 Å². The van der Waals surface area contributed by atoms with Crippen LogP contribution in [0.5, 0.6) is 11.5 Å². The highest BCUT2D eigenvalue weighted by Crippen LogP contribution is 2.30. The van der Waals surface area contributed by atoms with E-state index in [0.717, 1.165) is 27.7 Å². The number of aromatic nitrogens is 1. The van der Waals surface area contributed by atoms with Crippen LogP contribution in [0.3, 0.4) is 0 Å². The van der Waals surface area contributed by atoms with Crippen molar-refractivity contribution in [2.75, 3.05) is 26.4 Å². The van der Waals surface area contributed by atoms with Gasteiger partial charge in [0.1, 0.15) is 6.61 Å². The molecule has 1 amide bonds. The van der Waals surface area contributed by atoms with E-state index in [0.29, 0.717) is 37.9 Å². The summed E-state index contributed by atoms with van der Waals surface area (Å²) in [5.41, 5.74) is 9.80. The molecule has 0 aliphatic heterocycles. The predicted octanol–water partition coefficient (Wildman–Crippen LogP) is 4.53. The number of amides is 1. The van der Waals surface area contributed by atoms with Crippen molar-refractivity contribution >= 4 is 16.8 Å². The highest BCUT2D eigenvalue weighted by atomic mass is 19.4. The van der Waals surface area contributed by atoms with Crippen molar-refractivity contribution in [3.8, 4) is 11.5 Å². The van der Waals surface area contributed by atoms with E-state index in [-0.39, 0.29) is 30.8 Å². The Morgan fingerprint density at radius 3 is 2.55 bits per heavy atom. The summed E-state index contributed by atoms with van der Waals surface area (Å²) in [4.78, 5) is 12.3. The highest BCUT2D eigenvalue weighted by Gasteiger charge is 2.29. The quantitative estimate of drug-likeness (QED) is 0.264. The molecule has 0 saturated heterocycles. The molecular formula is C28H36F3N3O4.